The molecule has 14 heavy (non-hydrogen) atoms. The second-order valence-electron chi connectivity index (χ2n) is 2.78. The van der Waals surface area contributed by atoms with Crippen LogP contribution < -0.4 is 10.5 Å². The van der Waals surface area contributed by atoms with E-state index in [1.165, 1.54) is 25.5 Å². The van der Waals surface area contributed by atoms with Gasteiger partial charge < -0.3 is 5.73 Å². The van der Waals surface area contributed by atoms with E-state index < -0.39 is 15.3 Å². The smallest absolute Gasteiger partial charge is 0.237 e. The third-order valence-electron chi connectivity index (χ3n) is 1.67. The molecule has 1 unspecified atom stereocenters. The molecule has 1 aromatic heterocycles. The summed E-state index contributed by atoms with van der Waals surface area (Å²) >= 11 is 0. The quantitative estimate of drug-likeness (QED) is 0.711. The van der Waals surface area contributed by atoms with Gasteiger partial charge in [-0.15, -0.1) is 0 Å². The first-order valence-corrected chi connectivity index (χ1v) is 5.58. The van der Waals surface area contributed by atoms with Gasteiger partial charge in [0, 0.05) is 18.9 Å². The van der Waals surface area contributed by atoms with E-state index in [0.29, 0.717) is 0 Å². The van der Waals surface area contributed by atoms with Crippen LogP contribution in [0.2, 0.25) is 0 Å². The minimum Gasteiger partial charge on any atom is -0.329 e. The first-order chi connectivity index (χ1) is 6.56. The molecule has 0 amide bonds. The van der Waals surface area contributed by atoms with Gasteiger partial charge in [0.25, 0.3) is 0 Å². The van der Waals surface area contributed by atoms with Crippen molar-refractivity contribution in [1.29, 1.82) is 0 Å². The van der Waals surface area contributed by atoms with E-state index in [0.717, 1.165) is 0 Å². The molecule has 0 aliphatic rings. The maximum absolute atomic E-state index is 11.5. The van der Waals surface area contributed by atoms with Gasteiger partial charge in [-0.3, -0.25) is 9.71 Å². The lowest BCUT2D eigenvalue weighted by molar-refractivity contribution is 0.589. The fourth-order valence-corrected chi connectivity index (χ4v) is 1.58. The first-order valence-electron chi connectivity index (χ1n) is 4.04. The van der Waals surface area contributed by atoms with Crippen molar-refractivity contribution in [2.45, 2.75) is 12.2 Å². The van der Waals surface area contributed by atoms with E-state index in [1.54, 1.807) is 0 Å². The molecule has 0 aliphatic heterocycles. The van der Waals surface area contributed by atoms with Crippen molar-refractivity contribution in [2.24, 2.45) is 5.73 Å². The fourth-order valence-electron chi connectivity index (χ4n) is 0.725. The average molecular weight is 216 g/mol. The molecule has 0 fully saturated rings. The Morgan fingerprint density at radius 1 is 1.57 bits per heavy atom. The topological polar surface area (TPSA) is 98.0 Å². The van der Waals surface area contributed by atoms with Gasteiger partial charge in [0.15, 0.2) is 5.82 Å². The van der Waals surface area contributed by atoms with Crippen LogP contribution in [0.1, 0.15) is 6.92 Å². The predicted molar refractivity (Wildman–Crippen MR) is 53.1 cm³/mol. The van der Waals surface area contributed by atoms with Gasteiger partial charge >= 0.3 is 0 Å². The Kier molecular flexibility index (Phi) is 3.37. The molecule has 0 bridgehead atoms. The van der Waals surface area contributed by atoms with Crippen molar-refractivity contribution in [3.63, 3.8) is 0 Å². The van der Waals surface area contributed by atoms with Crippen LogP contribution in [0.4, 0.5) is 5.82 Å². The first kappa shape index (κ1) is 10.9. The monoisotopic (exact) mass is 216 g/mol. The third kappa shape index (κ3) is 2.64. The molecule has 6 nitrogen and oxygen atoms in total. The maximum atomic E-state index is 11.5. The summed E-state index contributed by atoms with van der Waals surface area (Å²) in [6.07, 6.45) is 4.20. The minimum absolute atomic E-state index is 0.0651. The molecule has 78 valence electrons. The van der Waals surface area contributed by atoms with E-state index in [-0.39, 0.29) is 12.4 Å². The molecule has 0 aromatic carbocycles. The molecular formula is C7H12N4O2S. The Morgan fingerprint density at radius 3 is 2.79 bits per heavy atom. The molecule has 1 heterocycles. The van der Waals surface area contributed by atoms with E-state index in [1.807, 2.05) is 0 Å². The van der Waals surface area contributed by atoms with Crippen LogP contribution in [0.3, 0.4) is 0 Å². The normalized spacial score (nSPS) is 13.6. The van der Waals surface area contributed by atoms with Crippen LogP contribution in [-0.4, -0.2) is 30.2 Å². The highest BCUT2D eigenvalue weighted by molar-refractivity contribution is 7.93. The fraction of sp³-hybridized carbons (Fsp3) is 0.429. The number of nitrogens with two attached hydrogens (primary N) is 1. The highest BCUT2D eigenvalue weighted by atomic mass is 32.2. The van der Waals surface area contributed by atoms with Crippen LogP contribution in [0.5, 0.6) is 0 Å². The van der Waals surface area contributed by atoms with Crippen LogP contribution in [0, 0.1) is 0 Å². The van der Waals surface area contributed by atoms with Crippen molar-refractivity contribution in [2.75, 3.05) is 11.3 Å². The molecule has 1 aromatic rings. The number of hydrogen-bond acceptors (Lipinski definition) is 5. The molecule has 0 saturated heterocycles. The van der Waals surface area contributed by atoms with E-state index >= 15 is 0 Å². The summed E-state index contributed by atoms with van der Waals surface area (Å²) in [5, 5.41) is -0.649. The molecule has 0 aliphatic carbocycles. The Balaban J connectivity index is 2.79. The third-order valence-corrected chi connectivity index (χ3v) is 3.42. The van der Waals surface area contributed by atoms with Crippen molar-refractivity contribution in [1.82, 2.24) is 9.97 Å². The highest BCUT2D eigenvalue weighted by Crippen LogP contribution is 2.05. The number of anilines is 1. The van der Waals surface area contributed by atoms with Crippen molar-refractivity contribution in [3.05, 3.63) is 18.6 Å². The molecule has 1 rings (SSSR count). The zero-order valence-electron chi connectivity index (χ0n) is 7.71. The molecule has 0 radical (unpaired) electrons. The van der Waals surface area contributed by atoms with Gasteiger partial charge in [0.05, 0.1) is 11.4 Å². The zero-order chi connectivity index (χ0) is 10.6. The molecule has 7 heteroatoms. The number of sulfonamides is 1. The average Bonchev–Trinajstić information content (AvgIpc) is 2.17. The summed E-state index contributed by atoms with van der Waals surface area (Å²) in [4.78, 5) is 7.52. The molecular weight excluding hydrogens is 204 g/mol. The number of aromatic nitrogens is 2. The SMILES string of the molecule is CC(CN)S(=O)(=O)Nc1cnccn1. The second kappa shape index (κ2) is 4.34. The second-order valence-corrected chi connectivity index (χ2v) is 4.88. The van der Waals surface area contributed by atoms with E-state index in [2.05, 4.69) is 14.7 Å². The standard InChI is InChI=1S/C7H12N4O2S/c1-6(4-8)14(12,13)11-7-5-9-2-3-10-7/h2-3,5-6H,4,8H2,1H3,(H,10,11). The number of hydrogen-bond donors (Lipinski definition) is 2. The summed E-state index contributed by atoms with van der Waals surface area (Å²) in [5.74, 6) is 0.202. The Bertz CT molecular complexity index is 378. The van der Waals surface area contributed by atoms with Gasteiger partial charge in [-0.1, -0.05) is 0 Å². The number of nitrogens with zero attached hydrogens (tertiary/aromatic N) is 2. The van der Waals surface area contributed by atoms with E-state index in [9.17, 15) is 8.42 Å². The summed E-state index contributed by atoms with van der Waals surface area (Å²) < 4.78 is 25.2. The number of nitrogens with one attached hydrogen (secondary N) is 1. The van der Waals surface area contributed by atoms with Gasteiger partial charge in [-0.25, -0.2) is 13.4 Å². The van der Waals surface area contributed by atoms with Crippen molar-refractivity contribution < 1.29 is 8.42 Å². The Hall–Kier alpha value is -1.21. The van der Waals surface area contributed by atoms with Crippen molar-refractivity contribution in [3.8, 4) is 0 Å². The lowest BCUT2D eigenvalue weighted by Crippen LogP contribution is -2.31. The van der Waals surface area contributed by atoms with Crippen LogP contribution in [0.15, 0.2) is 18.6 Å². The minimum atomic E-state index is -3.44. The summed E-state index contributed by atoms with van der Waals surface area (Å²) in [5.41, 5.74) is 5.26. The summed E-state index contributed by atoms with van der Waals surface area (Å²) in [7, 11) is -3.44. The molecule has 0 saturated carbocycles. The largest absolute Gasteiger partial charge is 0.329 e. The Morgan fingerprint density at radius 2 is 2.29 bits per heavy atom. The lowest BCUT2D eigenvalue weighted by atomic mass is 10.5. The molecule has 0 spiro atoms. The highest BCUT2D eigenvalue weighted by Gasteiger charge is 2.19. The lowest BCUT2D eigenvalue weighted by Gasteiger charge is -2.11. The van der Waals surface area contributed by atoms with E-state index in [4.69, 9.17) is 5.73 Å². The number of rotatable bonds is 4. The Labute approximate surface area is 82.6 Å². The predicted octanol–water partition coefficient (Wildman–Crippen LogP) is -0.434. The molecule has 1 atom stereocenters. The van der Waals surface area contributed by atoms with Crippen LogP contribution in [0.25, 0.3) is 0 Å². The van der Waals surface area contributed by atoms with Crippen molar-refractivity contribution >= 4 is 15.8 Å². The zero-order valence-corrected chi connectivity index (χ0v) is 8.53. The van der Waals surface area contributed by atoms with Gasteiger partial charge in [0.2, 0.25) is 10.0 Å². The summed E-state index contributed by atoms with van der Waals surface area (Å²) in [6.45, 7) is 1.59. The van der Waals surface area contributed by atoms with Crippen LogP contribution >= 0.6 is 0 Å². The summed E-state index contributed by atoms with van der Waals surface area (Å²) in [6, 6.07) is 0. The van der Waals surface area contributed by atoms with Gasteiger partial charge in [-0.2, -0.15) is 0 Å². The van der Waals surface area contributed by atoms with Gasteiger partial charge in [0.1, 0.15) is 0 Å². The van der Waals surface area contributed by atoms with Crippen LogP contribution in [-0.2, 0) is 10.0 Å². The maximum Gasteiger partial charge on any atom is 0.237 e. The molecule has 3 N–H and O–H groups in total. The van der Waals surface area contributed by atoms with Gasteiger partial charge in [-0.05, 0) is 6.92 Å².